The zero-order valence-electron chi connectivity index (χ0n) is 16.6. The molecular weight excluding hydrogens is 388 g/mol. The number of nitrogens with one attached hydrogen (secondary N) is 1. The summed E-state index contributed by atoms with van der Waals surface area (Å²) < 4.78 is 1.54. The Morgan fingerprint density at radius 1 is 1.20 bits per heavy atom. The van der Waals surface area contributed by atoms with Crippen LogP contribution in [0.3, 0.4) is 0 Å². The molecule has 156 valence electrons. The quantitative estimate of drug-likeness (QED) is 0.691. The van der Waals surface area contributed by atoms with Crippen molar-refractivity contribution >= 4 is 17.8 Å². The lowest BCUT2D eigenvalue weighted by molar-refractivity contribution is -0.122. The van der Waals surface area contributed by atoms with Gasteiger partial charge in [-0.2, -0.15) is 4.99 Å². The number of aromatic nitrogens is 1. The van der Waals surface area contributed by atoms with E-state index < -0.39 is 29.7 Å². The number of hydrogen-bond donors (Lipinski definition) is 3. The number of carboxylic acid groups (broad SMARTS) is 1. The third kappa shape index (κ3) is 3.17. The number of rotatable bonds is 3. The van der Waals surface area contributed by atoms with E-state index in [0.717, 1.165) is 16.2 Å². The van der Waals surface area contributed by atoms with E-state index >= 15 is 0 Å². The van der Waals surface area contributed by atoms with Gasteiger partial charge in [0, 0.05) is 19.5 Å². The second-order valence-electron chi connectivity index (χ2n) is 7.78. The van der Waals surface area contributed by atoms with Crippen LogP contribution in [0.2, 0.25) is 0 Å². The van der Waals surface area contributed by atoms with E-state index in [1.165, 1.54) is 6.07 Å². The molecule has 2 aliphatic rings. The molecular formula is C21H22N4O5. The van der Waals surface area contributed by atoms with Crippen LogP contribution in [-0.2, 0) is 17.4 Å². The number of carbonyl (C=O) groups is 2. The average Bonchev–Trinajstić information content (AvgIpc) is 3.25. The van der Waals surface area contributed by atoms with Crippen LogP contribution in [0.4, 0.5) is 4.79 Å². The molecule has 1 aromatic carbocycles. The number of aliphatic hydroxyl groups excluding tert-OH is 1. The lowest BCUT2D eigenvalue weighted by Gasteiger charge is -2.27. The highest BCUT2D eigenvalue weighted by Crippen LogP contribution is 2.31. The lowest BCUT2D eigenvalue weighted by atomic mass is 9.90. The van der Waals surface area contributed by atoms with Crippen LogP contribution >= 0.6 is 0 Å². The van der Waals surface area contributed by atoms with Gasteiger partial charge in [0.15, 0.2) is 0 Å². The van der Waals surface area contributed by atoms with Gasteiger partial charge >= 0.3 is 6.09 Å². The number of amides is 2. The summed E-state index contributed by atoms with van der Waals surface area (Å²) in [5.74, 6) is -0.180. The number of nitrogens with zero attached hydrogens (tertiary/aromatic N) is 3. The van der Waals surface area contributed by atoms with Crippen molar-refractivity contribution in [3.05, 3.63) is 58.4 Å². The van der Waals surface area contributed by atoms with Gasteiger partial charge in [-0.15, -0.1) is 0 Å². The fourth-order valence-electron chi connectivity index (χ4n) is 4.02. The third-order valence-electron chi connectivity index (χ3n) is 5.81. The second kappa shape index (κ2) is 7.10. The molecule has 1 saturated heterocycles. The number of amidine groups is 1. The summed E-state index contributed by atoms with van der Waals surface area (Å²) in [6.07, 6.45) is -1.78. The van der Waals surface area contributed by atoms with Gasteiger partial charge in [0.1, 0.15) is 11.4 Å². The highest BCUT2D eigenvalue weighted by Gasteiger charge is 2.47. The molecule has 9 nitrogen and oxygen atoms in total. The van der Waals surface area contributed by atoms with Crippen LogP contribution in [0.15, 0.2) is 52.3 Å². The van der Waals surface area contributed by atoms with Crippen molar-refractivity contribution < 1.29 is 19.8 Å². The van der Waals surface area contributed by atoms with Crippen molar-refractivity contribution in [3.8, 4) is 11.3 Å². The fourth-order valence-corrected chi connectivity index (χ4v) is 4.02. The zero-order valence-corrected chi connectivity index (χ0v) is 16.6. The van der Waals surface area contributed by atoms with E-state index in [4.69, 9.17) is 0 Å². The first kappa shape index (κ1) is 19.8. The first-order valence-electron chi connectivity index (χ1n) is 9.56. The maximum absolute atomic E-state index is 12.8. The molecule has 2 aliphatic heterocycles. The fraction of sp³-hybridized carbons (Fsp3) is 0.333. The number of aliphatic imine (C=N–C) groups is 1. The molecule has 3 N–H and O–H groups in total. The Hall–Kier alpha value is -3.46. The summed E-state index contributed by atoms with van der Waals surface area (Å²) in [4.78, 5) is 41.3. The number of aliphatic hydroxyl groups is 1. The van der Waals surface area contributed by atoms with Gasteiger partial charge in [0.25, 0.3) is 11.5 Å². The Morgan fingerprint density at radius 3 is 2.57 bits per heavy atom. The first-order valence-corrected chi connectivity index (χ1v) is 9.56. The van der Waals surface area contributed by atoms with Gasteiger partial charge in [0.05, 0.1) is 24.4 Å². The molecule has 0 saturated carbocycles. The molecule has 3 atom stereocenters. The summed E-state index contributed by atoms with van der Waals surface area (Å²) in [5, 5.41) is 22.3. The van der Waals surface area contributed by atoms with Crippen LogP contribution in [0.1, 0.15) is 18.9 Å². The summed E-state index contributed by atoms with van der Waals surface area (Å²) in [6, 6.07) is 11.5. The molecule has 3 heterocycles. The van der Waals surface area contributed by atoms with Gasteiger partial charge in [-0.05, 0) is 24.1 Å². The molecule has 2 amide bonds. The SMILES string of the molecule is Cn1c(-c2ccc(C3(C)NC(C4C[C@@H](O)CN4C(=O)O)=NC3=O)cc2)cccc1=O. The van der Waals surface area contributed by atoms with Gasteiger partial charge in [-0.25, -0.2) is 4.79 Å². The van der Waals surface area contributed by atoms with Crippen molar-refractivity contribution in [2.45, 2.75) is 31.0 Å². The number of pyridine rings is 1. The number of β-amino-alcohol motifs (C(OH)–C–C–N with tert-alkyl or cyclic N) is 1. The van der Waals surface area contributed by atoms with E-state index in [1.807, 2.05) is 18.2 Å². The maximum Gasteiger partial charge on any atom is 0.408 e. The molecule has 0 radical (unpaired) electrons. The summed E-state index contributed by atoms with van der Waals surface area (Å²) in [5.41, 5.74) is 0.977. The van der Waals surface area contributed by atoms with Crippen molar-refractivity contribution in [1.29, 1.82) is 0 Å². The van der Waals surface area contributed by atoms with Crippen LogP contribution in [0.25, 0.3) is 11.3 Å². The standard InChI is InChI=1S/C21H22N4O5/c1-21(13-8-6-12(7-9-13)15-4-3-5-17(27)24(15)2)19(28)22-18(23-21)16-10-14(26)11-25(16)20(29)30/h3-9,14,16,26H,10-11H2,1-2H3,(H,29,30)(H,22,23,28)/t14-,16?,21?/m1/s1. The van der Waals surface area contributed by atoms with E-state index in [9.17, 15) is 24.6 Å². The van der Waals surface area contributed by atoms with Crippen LogP contribution in [0.5, 0.6) is 0 Å². The number of likely N-dealkylation sites (tertiary alicyclic amines) is 1. The van der Waals surface area contributed by atoms with Crippen molar-refractivity contribution in [1.82, 2.24) is 14.8 Å². The molecule has 9 heteroatoms. The van der Waals surface area contributed by atoms with Crippen molar-refractivity contribution in [3.63, 3.8) is 0 Å². The van der Waals surface area contributed by atoms with Crippen molar-refractivity contribution in [2.75, 3.05) is 6.54 Å². The van der Waals surface area contributed by atoms with E-state index in [0.29, 0.717) is 5.56 Å². The summed E-state index contributed by atoms with van der Waals surface area (Å²) in [7, 11) is 1.69. The van der Waals surface area contributed by atoms with Crippen LogP contribution in [0, 0.1) is 0 Å². The van der Waals surface area contributed by atoms with Gasteiger partial charge < -0.3 is 20.1 Å². The Labute approximate surface area is 172 Å². The van der Waals surface area contributed by atoms with Gasteiger partial charge in [0.2, 0.25) is 0 Å². The molecule has 2 unspecified atom stereocenters. The highest BCUT2D eigenvalue weighted by molar-refractivity contribution is 6.09. The molecule has 30 heavy (non-hydrogen) atoms. The first-order chi connectivity index (χ1) is 14.2. The Kier molecular flexibility index (Phi) is 4.70. The zero-order chi connectivity index (χ0) is 21.6. The van der Waals surface area contributed by atoms with Crippen LogP contribution in [-0.4, -0.2) is 56.2 Å². The van der Waals surface area contributed by atoms with E-state index in [-0.39, 0.29) is 24.4 Å². The Bertz CT molecular complexity index is 1110. The minimum atomic E-state index is -1.17. The molecule has 1 fully saturated rings. The third-order valence-corrected chi connectivity index (χ3v) is 5.81. The normalized spacial score (nSPS) is 25.9. The van der Waals surface area contributed by atoms with E-state index in [2.05, 4.69) is 10.3 Å². The largest absolute Gasteiger partial charge is 0.465 e. The monoisotopic (exact) mass is 410 g/mol. The highest BCUT2D eigenvalue weighted by atomic mass is 16.4. The lowest BCUT2D eigenvalue weighted by Crippen LogP contribution is -2.49. The Morgan fingerprint density at radius 2 is 1.90 bits per heavy atom. The number of hydrogen-bond acceptors (Lipinski definition) is 5. The topological polar surface area (TPSA) is 124 Å². The van der Waals surface area contributed by atoms with Gasteiger partial charge in [-0.1, -0.05) is 30.3 Å². The molecule has 0 bridgehead atoms. The molecule has 0 spiro atoms. The van der Waals surface area contributed by atoms with Crippen molar-refractivity contribution in [2.24, 2.45) is 12.0 Å². The Balaban J connectivity index is 1.60. The van der Waals surface area contributed by atoms with E-state index in [1.54, 1.807) is 36.7 Å². The molecule has 4 rings (SSSR count). The smallest absolute Gasteiger partial charge is 0.408 e. The van der Waals surface area contributed by atoms with Crippen LogP contribution < -0.4 is 10.9 Å². The predicted molar refractivity (Wildman–Crippen MR) is 109 cm³/mol. The maximum atomic E-state index is 12.8. The number of carbonyl (C=O) groups excluding carboxylic acids is 1. The average molecular weight is 410 g/mol. The number of benzene rings is 1. The molecule has 1 aromatic heterocycles. The predicted octanol–water partition coefficient (Wildman–Crippen LogP) is 0.909. The molecule has 0 aliphatic carbocycles. The summed E-state index contributed by atoms with van der Waals surface area (Å²) >= 11 is 0. The minimum absolute atomic E-state index is 0.0178. The second-order valence-corrected chi connectivity index (χ2v) is 7.78. The minimum Gasteiger partial charge on any atom is -0.465 e. The summed E-state index contributed by atoms with van der Waals surface area (Å²) in [6.45, 7) is 1.67. The van der Waals surface area contributed by atoms with Gasteiger partial charge in [-0.3, -0.25) is 14.5 Å². The molecule has 2 aromatic rings.